The molecule has 1 heterocycles. The Morgan fingerprint density at radius 1 is 1.18 bits per heavy atom. The van der Waals surface area contributed by atoms with Gasteiger partial charge in [-0.3, -0.25) is 4.79 Å². The van der Waals surface area contributed by atoms with Crippen molar-refractivity contribution >= 4 is 28.2 Å². The fourth-order valence-electron chi connectivity index (χ4n) is 4.51. The number of sulfone groups is 1. The molecule has 1 aliphatic heterocycles. The first kappa shape index (κ1) is 23.2. The summed E-state index contributed by atoms with van der Waals surface area (Å²) in [5.41, 5.74) is 2.49. The second-order valence-corrected chi connectivity index (χ2v) is 10.6. The Bertz CT molecular complexity index is 761. The van der Waals surface area contributed by atoms with Crippen LogP contribution in [0.1, 0.15) is 63.1 Å². The third-order valence-corrected chi connectivity index (χ3v) is 8.80. The van der Waals surface area contributed by atoms with Gasteiger partial charge >= 0.3 is 0 Å². The second kappa shape index (κ2) is 10.1. The zero-order valence-electron chi connectivity index (χ0n) is 16.8. The maximum absolute atomic E-state index is 13.1. The minimum Gasteiger partial charge on any atom is -0.353 e. The molecular formula is C21H33ClN2O3S. The Labute approximate surface area is 175 Å². The van der Waals surface area contributed by atoms with Gasteiger partial charge in [-0.2, -0.15) is 0 Å². The van der Waals surface area contributed by atoms with Gasteiger partial charge in [-0.05, 0) is 42.9 Å². The lowest BCUT2D eigenvalue weighted by molar-refractivity contribution is -0.121. The van der Waals surface area contributed by atoms with Crippen molar-refractivity contribution in [3.8, 4) is 0 Å². The standard InChI is InChI=1S/C21H32N2O3S.ClH/c1-15(2)20(27(25,26)17-9-4-3-5-10-17)21(24)23-14-19-18-11-7-6-8-16(18)12-13-22-19;/h6-8,11,15,17,19-20,22H,3-5,9-10,12-14H2,1-2H3,(H,23,24);1H. The minimum absolute atomic E-state index is 0. The van der Waals surface area contributed by atoms with Crippen LogP contribution in [0.25, 0.3) is 0 Å². The van der Waals surface area contributed by atoms with Gasteiger partial charge in [0.1, 0.15) is 5.25 Å². The van der Waals surface area contributed by atoms with Crippen LogP contribution in [0.4, 0.5) is 0 Å². The van der Waals surface area contributed by atoms with Crippen molar-refractivity contribution in [3.63, 3.8) is 0 Å². The zero-order valence-corrected chi connectivity index (χ0v) is 18.4. The van der Waals surface area contributed by atoms with Crippen molar-refractivity contribution < 1.29 is 13.2 Å². The molecule has 3 rings (SSSR count). The monoisotopic (exact) mass is 428 g/mol. The van der Waals surface area contributed by atoms with E-state index < -0.39 is 15.1 Å². The highest BCUT2D eigenvalue weighted by Gasteiger charge is 2.41. The fourth-order valence-corrected chi connectivity index (χ4v) is 7.06. The number of nitrogens with one attached hydrogen (secondary N) is 2. The Balaban J connectivity index is 0.00000280. The highest BCUT2D eigenvalue weighted by Crippen LogP contribution is 2.29. The maximum atomic E-state index is 13.1. The lowest BCUT2D eigenvalue weighted by Gasteiger charge is -2.30. The summed E-state index contributed by atoms with van der Waals surface area (Å²) in [6, 6.07) is 8.27. The van der Waals surface area contributed by atoms with Crippen LogP contribution < -0.4 is 10.6 Å². The summed E-state index contributed by atoms with van der Waals surface area (Å²) in [6.07, 6.45) is 5.34. The summed E-state index contributed by atoms with van der Waals surface area (Å²) in [6.45, 7) is 4.95. The molecule has 158 valence electrons. The summed E-state index contributed by atoms with van der Waals surface area (Å²) < 4.78 is 26.3. The Morgan fingerprint density at radius 2 is 1.86 bits per heavy atom. The van der Waals surface area contributed by atoms with Gasteiger partial charge in [0.15, 0.2) is 9.84 Å². The average Bonchev–Trinajstić information content (AvgIpc) is 2.66. The summed E-state index contributed by atoms with van der Waals surface area (Å²) in [4.78, 5) is 12.9. The molecule has 0 bridgehead atoms. The molecule has 1 aromatic rings. The molecule has 28 heavy (non-hydrogen) atoms. The van der Waals surface area contributed by atoms with Gasteiger partial charge in [0.2, 0.25) is 5.91 Å². The first-order valence-corrected chi connectivity index (χ1v) is 11.8. The number of fused-ring (bicyclic) bond motifs is 1. The van der Waals surface area contributed by atoms with E-state index in [1.807, 2.05) is 26.0 Å². The van der Waals surface area contributed by atoms with Crippen LogP contribution in [-0.4, -0.2) is 37.9 Å². The number of carbonyl (C=O) groups excluding carboxylic acids is 1. The number of hydrogen-bond acceptors (Lipinski definition) is 4. The molecule has 5 nitrogen and oxygen atoms in total. The van der Waals surface area contributed by atoms with Gasteiger partial charge in [-0.15, -0.1) is 12.4 Å². The van der Waals surface area contributed by atoms with Gasteiger partial charge in [-0.1, -0.05) is 57.4 Å². The smallest absolute Gasteiger partial charge is 0.238 e. The molecular weight excluding hydrogens is 396 g/mol. The maximum Gasteiger partial charge on any atom is 0.238 e. The van der Waals surface area contributed by atoms with E-state index in [4.69, 9.17) is 0 Å². The van der Waals surface area contributed by atoms with Crippen LogP contribution in [0.2, 0.25) is 0 Å². The van der Waals surface area contributed by atoms with Crippen molar-refractivity contribution in [2.24, 2.45) is 5.92 Å². The Morgan fingerprint density at radius 3 is 2.54 bits per heavy atom. The van der Waals surface area contributed by atoms with Gasteiger partial charge in [0.05, 0.1) is 5.25 Å². The van der Waals surface area contributed by atoms with E-state index in [2.05, 4.69) is 22.8 Å². The van der Waals surface area contributed by atoms with Crippen LogP contribution >= 0.6 is 12.4 Å². The highest BCUT2D eigenvalue weighted by molar-refractivity contribution is 7.93. The predicted octanol–water partition coefficient (Wildman–Crippen LogP) is 3.18. The molecule has 1 amide bonds. The summed E-state index contributed by atoms with van der Waals surface area (Å²) >= 11 is 0. The van der Waals surface area contributed by atoms with Crippen LogP contribution in [0.15, 0.2) is 24.3 Å². The first-order chi connectivity index (χ1) is 12.9. The topological polar surface area (TPSA) is 75.3 Å². The molecule has 1 aliphatic carbocycles. The lowest BCUT2D eigenvalue weighted by Crippen LogP contribution is -2.49. The lowest BCUT2D eigenvalue weighted by atomic mass is 9.94. The van der Waals surface area contributed by atoms with Gasteiger partial charge in [-0.25, -0.2) is 8.42 Å². The average molecular weight is 429 g/mol. The molecule has 1 fully saturated rings. The molecule has 2 aliphatic rings. The highest BCUT2D eigenvalue weighted by atomic mass is 35.5. The molecule has 7 heteroatoms. The van der Waals surface area contributed by atoms with Crippen molar-refractivity contribution in [1.29, 1.82) is 0 Å². The van der Waals surface area contributed by atoms with Crippen LogP contribution in [0.3, 0.4) is 0 Å². The Kier molecular flexibility index (Phi) is 8.34. The van der Waals surface area contributed by atoms with Crippen LogP contribution in [-0.2, 0) is 21.1 Å². The van der Waals surface area contributed by atoms with Crippen LogP contribution in [0, 0.1) is 5.92 Å². The molecule has 0 spiro atoms. The number of amides is 1. The van der Waals surface area contributed by atoms with Gasteiger partial charge in [0.25, 0.3) is 0 Å². The Hall–Kier alpha value is -1.11. The molecule has 0 saturated heterocycles. The molecule has 1 saturated carbocycles. The van der Waals surface area contributed by atoms with Crippen LogP contribution in [0.5, 0.6) is 0 Å². The quantitative estimate of drug-likeness (QED) is 0.729. The predicted molar refractivity (Wildman–Crippen MR) is 116 cm³/mol. The van der Waals surface area contributed by atoms with Crippen molar-refractivity contribution in [2.45, 2.75) is 68.9 Å². The molecule has 1 aromatic carbocycles. The van der Waals surface area contributed by atoms with Crippen molar-refractivity contribution in [2.75, 3.05) is 13.1 Å². The number of benzene rings is 1. The molecule has 2 N–H and O–H groups in total. The number of rotatable bonds is 6. The van der Waals surface area contributed by atoms with Gasteiger partial charge < -0.3 is 10.6 Å². The van der Waals surface area contributed by atoms with E-state index in [1.54, 1.807) is 0 Å². The van der Waals surface area contributed by atoms with E-state index >= 15 is 0 Å². The number of hydrogen-bond donors (Lipinski definition) is 2. The van der Waals surface area contributed by atoms with E-state index in [1.165, 1.54) is 11.1 Å². The summed E-state index contributed by atoms with van der Waals surface area (Å²) in [7, 11) is -3.47. The summed E-state index contributed by atoms with van der Waals surface area (Å²) in [5.74, 6) is -0.580. The molecule has 2 atom stereocenters. The minimum atomic E-state index is -3.47. The molecule has 0 aromatic heterocycles. The zero-order chi connectivity index (χ0) is 19.4. The van der Waals surface area contributed by atoms with Crippen molar-refractivity contribution in [1.82, 2.24) is 10.6 Å². The normalized spacial score (nSPS) is 21.5. The number of carbonyl (C=O) groups is 1. The van der Waals surface area contributed by atoms with Gasteiger partial charge in [0, 0.05) is 12.6 Å². The van der Waals surface area contributed by atoms with E-state index in [0.717, 1.165) is 32.2 Å². The van der Waals surface area contributed by atoms with E-state index in [9.17, 15) is 13.2 Å². The molecule has 0 radical (unpaired) electrons. The SMILES string of the molecule is CC(C)C(C(=O)NCC1NCCc2ccccc21)S(=O)(=O)C1CCCCC1.Cl. The first-order valence-electron chi connectivity index (χ1n) is 10.2. The number of halogens is 1. The third-order valence-electron chi connectivity index (χ3n) is 5.93. The largest absolute Gasteiger partial charge is 0.353 e. The van der Waals surface area contributed by atoms with Crippen molar-refractivity contribution in [3.05, 3.63) is 35.4 Å². The molecule has 2 unspecified atom stereocenters. The van der Waals surface area contributed by atoms with E-state index in [0.29, 0.717) is 19.4 Å². The fraction of sp³-hybridized carbons (Fsp3) is 0.667. The second-order valence-electron chi connectivity index (χ2n) is 8.21. The summed E-state index contributed by atoms with van der Waals surface area (Å²) in [5, 5.41) is 5.05. The van der Waals surface area contributed by atoms with E-state index in [-0.39, 0.29) is 35.5 Å². The third kappa shape index (κ3) is 5.08.